The van der Waals surface area contributed by atoms with Crippen LogP contribution in [-0.4, -0.2) is 17.5 Å². The molecule has 1 aromatic rings. The fourth-order valence-electron chi connectivity index (χ4n) is 0.997. The zero-order chi connectivity index (χ0) is 9.84. The molecule has 0 aliphatic rings. The van der Waals surface area contributed by atoms with Crippen LogP contribution < -0.4 is 5.73 Å². The molecule has 0 unspecified atom stereocenters. The summed E-state index contributed by atoms with van der Waals surface area (Å²) in [5.41, 5.74) is 7.76. The van der Waals surface area contributed by atoms with Crippen LogP contribution >= 0.6 is 27.7 Å². The normalized spacial score (nSPS) is 10.4. The summed E-state index contributed by atoms with van der Waals surface area (Å²) < 4.78 is 0.924. The minimum Gasteiger partial charge on any atom is -0.397 e. The molecule has 13 heavy (non-hydrogen) atoms. The molecule has 0 saturated carbocycles. The van der Waals surface area contributed by atoms with Gasteiger partial charge in [-0.1, -0.05) is 0 Å². The smallest absolute Gasteiger partial charge is 0.0596 e. The van der Waals surface area contributed by atoms with E-state index in [-0.39, 0.29) is 6.61 Å². The first-order valence-corrected chi connectivity index (χ1v) is 5.72. The number of nitrogens with two attached hydrogens (primary N) is 1. The first kappa shape index (κ1) is 10.9. The molecule has 0 bridgehead atoms. The standard InChI is InChI=1S/C9H12BrNOS/c1-6-4-7(10)9(11)8(5-6)13-3-2-12/h4-5,12H,2-3,11H2,1H3. The minimum atomic E-state index is 0.176. The Morgan fingerprint density at radius 3 is 2.85 bits per heavy atom. The number of halogens is 1. The molecular formula is C9H12BrNOS. The van der Waals surface area contributed by atoms with E-state index in [1.54, 1.807) is 11.8 Å². The number of aryl methyl sites for hydroxylation is 1. The fraction of sp³-hybridized carbons (Fsp3) is 0.333. The summed E-state index contributed by atoms with van der Waals surface area (Å²) in [6.07, 6.45) is 0. The molecule has 0 aliphatic carbocycles. The van der Waals surface area contributed by atoms with E-state index < -0.39 is 0 Å². The highest BCUT2D eigenvalue weighted by molar-refractivity contribution is 9.10. The van der Waals surface area contributed by atoms with Gasteiger partial charge in [0, 0.05) is 15.1 Å². The van der Waals surface area contributed by atoms with Crippen molar-refractivity contribution in [2.24, 2.45) is 0 Å². The van der Waals surface area contributed by atoms with Crippen molar-refractivity contribution in [2.75, 3.05) is 18.1 Å². The lowest BCUT2D eigenvalue weighted by Crippen LogP contribution is -1.93. The lowest BCUT2D eigenvalue weighted by atomic mass is 10.2. The largest absolute Gasteiger partial charge is 0.397 e. The molecule has 1 aromatic carbocycles. The molecule has 0 aliphatic heterocycles. The SMILES string of the molecule is Cc1cc(Br)c(N)c(SCCO)c1. The van der Waals surface area contributed by atoms with E-state index in [1.807, 2.05) is 19.1 Å². The Labute approximate surface area is 90.7 Å². The molecule has 72 valence electrons. The maximum Gasteiger partial charge on any atom is 0.0596 e. The Kier molecular flexibility index (Phi) is 4.09. The maximum absolute atomic E-state index is 8.68. The lowest BCUT2D eigenvalue weighted by molar-refractivity contribution is 0.322. The molecule has 0 atom stereocenters. The summed E-state index contributed by atoms with van der Waals surface area (Å²) in [5, 5.41) is 8.68. The van der Waals surface area contributed by atoms with Gasteiger partial charge in [0.05, 0.1) is 12.3 Å². The Hall–Kier alpha value is -0.190. The summed E-state index contributed by atoms with van der Waals surface area (Å²) in [7, 11) is 0. The van der Waals surface area contributed by atoms with E-state index in [9.17, 15) is 0 Å². The van der Waals surface area contributed by atoms with E-state index in [4.69, 9.17) is 10.8 Å². The van der Waals surface area contributed by atoms with Crippen molar-refractivity contribution in [3.05, 3.63) is 22.2 Å². The summed E-state index contributed by atoms with van der Waals surface area (Å²) in [4.78, 5) is 1.03. The zero-order valence-electron chi connectivity index (χ0n) is 7.38. The van der Waals surface area contributed by atoms with Crippen molar-refractivity contribution >= 4 is 33.4 Å². The molecule has 0 radical (unpaired) electrons. The average molecular weight is 262 g/mol. The lowest BCUT2D eigenvalue weighted by Gasteiger charge is -2.07. The number of benzene rings is 1. The fourth-order valence-corrected chi connectivity index (χ4v) is 2.55. The molecule has 0 saturated heterocycles. The molecule has 0 amide bonds. The summed E-state index contributed by atoms with van der Waals surface area (Å²) >= 11 is 4.96. The summed E-state index contributed by atoms with van der Waals surface area (Å²) in [6.45, 7) is 2.20. The third-order valence-electron chi connectivity index (χ3n) is 1.58. The predicted octanol–water partition coefficient (Wildman–Crippen LogP) is 2.42. The molecule has 3 N–H and O–H groups in total. The zero-order valence-corrected chi connectivity index (χ0v) is 9.78. The molecule has 0 heterocycles. The van der Waals surface area contributed by atoms with Gasteiger partial charge >= 0.3 is 0 Å². The quantitative estimate of drug-likeness (QED) is 0.649. The van der Waals surface area contributed by atoms with Crippen LogP contribution in [0.3, 0.4) is 0 Å². The van der Waals surface area contributed by atoms with Gasteiger partial charge in [-0.25, -0.2) is 0 Å². The van der Waals surface area contributed by atoms with Gasteiger partial charge in [0.15, 0.2) is 0 Å². The molecule has 1 rings (SSSR count). The van der Waals surface area contributed by atoms with Crippen molar-refractivity contribution in [1.29, 1.82) is 0 Å². The van der Waals surface area contributed by atoms with Gasteiger partial charge in [-0.2, -0.15) is 0 Å². The van der Waals surface area contributed by atoms with E-state index in [0.29, 0.717) is 5.75 Å². The monoisotopic (exact) mass is 261 g/mol. The molecule has 0 aromatic heterocycles. The highest BCUT2D eigenvalue weighted by Crippen LogP contribution is 2.32. The number of nitrogen functional groups attached to an aromatic ring is 1. The molecule has 0 spiro atoms. The van der Waals surface area contributed by atoms with Crippen molar-refractivity contribution in [3.8, 4) is 0 Å². The topological polar surface area (TPSA) is 46.2 Å². The van der Waals surface area contributed by atoms with E-state index in [0.717, 1.165) is 15.1 Å². The highest BCUT2D eigenvalue weighted by atomic mass is 79.9. The molecule has 2 nitrogen and oxygen atoms in total. The second-order valence-electron chi connectivity index (χ2n) is 2.73. The number of thioether (sulfide) groups is 1. The number of rotatable bonds is 3. The average Bonchev–Trinajstić information content (AvgIpc) is 2.09. The van der Waals surface area contributed by atoms with Gasteiger partial charge in [0.25, 0.3) is 0 Å². The van der Waals surface area contributed by atoms with Crippen LogP contribution in [0.1, 0.15) is 5.56 Å². The maximum atomic E-state index is 8.68. The van der Waals surface area contributed by atoms with Crippen LogP contribution in [0.5, 0.6) is 0 Å². The van der Waals surface area contributed by atoms with Gasteiger partial charge in [-0.3, -0.25) is 0 Å². The number of aliphatic hydroxyl groups is 1. The highest BCUT2D eigenvalue weighted by Gasteiger charge is 2.04. The predicted molar refractivity (Wildman–Crippen MR) is 61.1 cm³/mol. The van der Waals surface area contributed by atoms with Crippen molar-refractivity contribution in [3.63, 3.8) is 0 Å². The molecule has 0 fully saturated rings. The third kappa shape index (κ3) is 2.90. The molecule has 4 heteroatoms. The Morgan fingerprint density at radius 1 is 1.54 bits per heavy atom. The summed E-state index contributed by atoms with van der Waals surface area (Å²) in [5.74, 6) is 0.681. The van der Waals surface area contributed by atoms with Crippen molar-refractivity contribution in [2.45, 2.75) is 11.8 Å². The van der Waals surface area contributed by atoms with Crippen LogP contribution in [0, 0.1) is 6.92 Å². The second kappa shape index (κ2) is 4.88. The first-order valence-electron chi connectivity index (χ1n) is 3.94. The number of aliphatic hydroxyl groups excluding tert-OH is 1. The van der Waals surface area contributed by atoms with Crippen LogP contribution in [0.4, 0.5) is 5.69 Å². The van der Waals surface area contributed by atoms with Gasteiger partial charge in [0.2, 0.25) is 0 Å². The van der Waals surface area contributed by atoms with Crippen LogP contribution in [-0.2, 0) is 0 Å². The third-order valence-corrected chi connectivity index (χ3v) is 3.28. The van der Waals surface area contributed by atoms with Crippen LogP contribution in [0.15, 0.2) is 21.5 Å². The number of hydrogen-bond acceptors (Lipinski definition) is 3. The Balaban J connectivity index is 2.92. The number of anilines is 1. The minimum absolute atomic E-state index is 0.176. The molecular weight excluding hydrogens is 250 g/mol. The van der Waals surface area contributed by atoms with E-state index in [2.05, 4.69) is 15.9 Å². The van der Waals surface area contributed by atoms with E-state index in [1.165, 1.54) is 5.56 Å². The van der Waals surface area contributed by atoms with Crippen molar-refractivity contribution < 1.29 is 5.11 Å². The van der Waals surface area contributed by atoms with E-state index >= 15 is 0 Å². The second-order valence-corrected chi connectivity index (χ2v) is 4.72. The first-order chi connectivity index (χ1) is 6.15. The Bertz CT molecular complexity index is 304. The van der Waals surface area contributed by atoms with Crippen LogP contribution in [0.25, 0.3) is 0 Å². The van der Waals surface area contributed by atoms with Crippen LogP contribution in [0.2, 0.25) is 0 Å². The van der Waals surface area contributed by atoms with Gasteiger partial charge in [-0.05, 0) is 40.5 Å². The van der Waals surface area contributed by atoms with Gasteiger partial charge < -0.3 is 10.8 Å². The Morgan fingerprint density at radius 2 is 2.23 bits per heavy atom. The van der Waals surface area contributed by atoms with Gasteiger partial charge in [-0.15, -0.1) is 11.8 Å². The number of hydrogen-bond donors (Lipinski definition) is 2. The summed E-state index contributed by atoms with van der Waals surface area (Å²) in [6, 6.07) is 4.01. The van der Waals surface area contributed by atoms with Gasteiger partial charge in [0.1, 0.15) is 0 Å². The van der Waals surface area contributed by atoms with Crippen molar-refractivity contribution in [1.82, 2.24) is 0 Å².